The molecule has 0 amide bonds. The van der Waals surface area contributed by atoms with Gasteiger partial charge < -0.3 is 20.7 Å². The highest BCUT2D eigenvalue weighted by atomic mass is 19.1. The molecule has 0 spiro atoms. The quantitative estimate of drug-likeness (QED) is 0.594. The molecule has 6 nitrogen and oxygen atoms in total. The molecule has 4 rings (SSSR count). The Labute approximate surface area is 169 Å². The van der Waals surface area contributed by atoms with Gasteiger partial charge in [0.15, 0.2) is 11.6 Å². The summed E-state index contributed by atoms with van der Waals surface area (Å²) in [4.78, 5) is 6.04. The third kappa shape index (κ3) is 3.17. The van der Waals surface area contributed by atoms with Crippen LogP contribution in [-0.4, -0.2) is 24.2 Å². The van der Waals surface area contributed by atoms with E-state index in [1.807, 2.05) is 30.2 Å². The van der Waals surface area contributed by atoms with E-state index in [9.17, 15) is 5.26 Å². The fourth-order valence-electron chi connectivity index (χ4n) is 3.75. The van der Waals surface area contributed by atoms with Gasteiger partial charge in [-0.3, -0.25) is 4.98 Å². The first kappa shape index (κ1) is 18.8. The molecule has 0 fully saturated rings. The van der Waals surface area contributed by atoms with Gasteiger partial charge in [0.1, 0.15) is 18.4 Å². The third-order valence-corrected chi connectivity index (χ3v) is 5.29. The molecular weight excluding hydrogens is 369 g/mol. The average molecular weight is 391 g/mol. The number of nitrogen functional groups attached to an aromatic ring is 1. The topological polar surface area (TPSA) is 87.2 Å². The molecule has 2 aliphatic heterocycles. The van der Waals surface area contributed by atoms with Crippen molar-refractivity contribution < 1.29 is 9.13 Å². The SMILES string of the molecule is C=C1C(C#N)=CN2c3c(c(NCCCc4cccnc4)c(F)c(N)c31)OC[C@@H]2C. The molecule has 1 atom stereocenters. The first-order valence-electron chi connectivity index (χ1n) is 9.53. The summed E-state index contributed by atoms with van der Waals surface area (Å²) in [5, 5.41) is 12.6. The van der Waals surface area contributed by atoms with Gasteiger partial charge in [0.2, 0.25) is 0 Å². The summed E-state index contributed by atoms with van der Waals surface area (Å²) in [6.45, 7) is 6.87. The van der Waals surface area contributed by atoms with E-state index in [-0.39, 0.29) is 17.4 Å². The summed E-state index contributed by atoms with van der Waals surface area (Å²) < 4.78 is 21.1. The van der Waals surface area contributed by atoms with Crippen LogP contribution in [-0.2, 0) is 6.42 Å². The van der Waals surface area contributed by atoms with Crippen molar-refractivity contribution in [2.75, 3.05) is 29.1 Å². The molecule has 1 aromatic heterocycles. The zero-order valence-corrected chi connectivity index (χ0v) is 16.2. The highest BCUT2D eigenvalue weighted by Crippen LogP contribution is 2.52. The summed E-state index contributed by atoms with van der Waals surface area (Å²) in [5.41, 5.74) is 9.41. The second-order valence-corrected chi connectivity index (χ2v) is 7.25. The second-order valence-electron chi connectivity index (χ2n) is 7.25. The van der Waals surface area contributed by atoms with Crippen LogP contribution in [0.3, 0.4) is 0 Å². The van der Waals surface area contributed by atoms with Gasteiger partial charge in [-0.2, -0.15) is 5.26 Å². The highest BCUT2D eigenvalue weighted by Gasteiger charge is 2.37. The minimum absolute atomic E-state index is 0.0130. The highest BCUT2D eigenvalue weighted by molar-refractivity contribution is 6.01. The van der Waals surface area contributed by atoms with Crippen LogP contribution in [0.5, 0.6) is 5.75 Å². The van der Waals surface area contributed by atoms with E-state index >= 15 is 4.39 Å². The van der Waals surface area contributed by atoms with Gasteiger partial charge in [-0.1, -0.05) is 12.6 Å². The summed E-state index contributed by atoms with van der Waals surface area (Å²) in [6.07, 6.45) is 6.93. The number of anilines is 3. The molecule has 0 saturated heterocycles. The largest absolute Gasteiger partial charge is 0.487 e. The number of pyridine rings is 1. The number of nitrogens with two attached hydrogens (primary N) is 1. The van der Waals surface area contributed by atoms with Gasteiger partial charge in [0.25, 0.3) is 0 Å². The predicted molar refractivity (Wildman–Crippen MR) is 112 cm³/mol. The first-order chi connectivity index (χ1) is 14.0. The van der Waals surface area contributed by atoms with Crippen molar-refractivity contribution in [1.82, 2.24) is 4.98 Å². The zero-order valence-electron chi connectivity index (χ0n) is 16.2. The molecule has 0 unspecified atom stereocenters. The fraction of sp³-hybridized carbons (Fsp3) is 0.273. The number of ether oxygens (including phenoxy) is 1. The Balaban J connectivity index is 1.65. The van der Waals surface area contributed by atoms with Crippen LogP contribution in [0.2, 0.25) is 0 Å². The van der Waals surface area contributed by atoms with Gasteiger partial charge in [0.05, 0.1) is 23.0 Å². The standard InChI is InChI=1S/C22H22FN5O/c1-13-12-29-22-20(27-8-4-6-15-5-3-7-26-10-15)18(23)19(25)17-14(2)16(9-24)11-28(13)21(17)22/h3,5,7,10-11,13,27H,2,4,6,8,12,25H2,1H3/t13-/m0/s1. The normalized spacial score (nSPS) is 17.1. The van der Waals surface area contributed by atoms with E-state index in [0.717, 1.165) is 18.4 Å². The summed E-state index contributed by atoms with van der Waals surface area (Å²) >= 11 is 0. The maximum absolute atomic E-state index is 15.2. The van der Waals surface area contributed by atoms with Crippen molar-refractivity contribution in [3.05, 3.63) is 59.8 Å². The molecule has 0 saturated carbocycles. The number of nitrogens with one attached hydrogen (secondary N) is 1. The number of hydrogen-bond donors (Lipinski definition) is 2. The van der Waals surface area contributed by atoms with E-state index in [1.54, 1.807) is 12.4 Å². The van der Waals surface area contributed by atoms with E-state index in [2.05, 4.69) is 22.9 Å². The summed E-state index contributed by atoms with van der Waals surface area (Å²) in [5.74, 6) is -0.157. The molecule has 2 aromatic rings. The molecule has 3 heterocycles. The summed E-state index contributed by atoms with van der Waals surface area (Å²) in [6, 6.07) is 6.02. The lowest BCUT2D eigenvalue weighted by molar-refractivity contribution is 0.277. The van der Waals surface area contributed by atoms with Gasteiger partial charge in [0, 0.05) is 30.7 Å². The van der Waals surface area contributed by atoms with Gasteiger partial charge in [-0.15, -0.1) is 0 Å². The van der Waals surface area contributed by atoms with Crippen LogP contribution in [0.15, 0.2) is 42.9 Å². The summed E-state index contributed by atoms with van der Waals surface area (Å²) in [7, 11) is 0. The molecule has 0 bridgehead atoms. The Morgan fingerprint density at radius 3 is 3.07 bits per heavy atom. The van der Waals surface area contributed by atoms with Crippen LogP contribution in [0.1, 0.15) is 24.5 Å². The molecular formula is C22H22FN5O. The van der Waals surface area contributed by atoms with Gasteiger partial charge >= 0.3 is 0 Å². The Kier molecular flexibility index (Phi) is 4.85. The van der Waals surface area contributed by atoms with Crippen molar-refractivity contribution in [3.8, 4) is 11.8 Å². The maximum atomic E-state index is 15.2. The number of benzene rings is 1. The monoisotopic (exact) mass is 391 g/mol. The average Bonchev–Trinajstić information content (AvgIpc) is 2.73. The minimum atomic E-state index is -0.574. The lowest BCUT2D eigenvalue weighted by Crippen LogP contribution is -2.40. The van der Waals surface area contributed by atoms with Crippen LogP contribution >= 0.6 is 0 Å². The number of nitrogens with zero attached hydrogens (tertiary/aromatic N) is 3. The maximum Gasteiger partial charge on any atom is 0.173 e. The van der Waals surface area contributed by atoms with E-state index < -0.39 is 5.82 Å². The molecule has 0 aliphatic carbocycles. The number of nitriles is 1. The molecule has 3 N–H and O–H groups in total. The lowest BCUT2D eigenvalue weighted by Gasteiger charge is -2.40. The number of hydrogen-bond acceptors (Lipinski definition) is 6. The second kappa shape index (κ2) is 7.47. The number of rotatable bonds is 5. The molecule has 148 valence electrons. The predicted octanol–water partition coefficient (Wildman–Crippen LogP) is 3.87. The Morgan fingerprint density at radius 2 is 2.34 bits per heavy atom. The Bertz CT molecular complexity index is 1040. The lowest BCUT2D eigenvalue weighted by atomic mass is 9.90. The van der Waals surface area contributed by atoms with E-state index in [0.29, 0.717) is 41.3 Å². The van der Waals surface area contributed by atoms with Crippen LogP contribution in [0.4, 0.5) is 21.5 Å². The number of aryl methyl sites for hydroxylation is 1. The Morgan fingerprint density at radius 1 is 1.52 bits per heavy atom. The van der Waals surface area contributed by atoms with Gasteiger partial charge in [-0.25, -0.2) is 4.39 Å². The van der Waals surface area contributed by atoms with Crippen molar-refractivity contribution >= 4 is 22.6 Å². The smallest absolute Gasteiger partial charge is 0.173 e. The van der Waals surface area contributed by atoms with E-state index in [1.165, 1.54) is 0 Å². The van der Waals surface area contributed by atoms with E-state index in [4.69, 9.17) is 10.5 Å². The fourth-order valence-corrected chi connectivity index (χ4v) is 3.75. The number of aromatic nitrogens is 1. The molecule has 0 radical (unpaired) electrons. The third-order valence-electron chi connectivity index (χ3n) is 5.29. The molecule has 29 heavy (non-hydrogen) atoms. The Hall–Kier alpha value is -3.53. The molecule has 1 aromatic carbocycles. The first-order valence-corrected chi connectivity index (χ1v) is 9.53. The van der Waals surface area contributed by atoms with Crippen molar-refractivity contribution in [2.45, 2.75) is 25.8 Å². The van der Waals surface area contributed by atoms with Gasteiger partial charge in [-0.05, 0) is 37.0 Å². The number of allylic oxidation sites excluding steroid dienone is 2. The van der Waals surface area contributed by atoms with Crippen molar-refractivity contribution in [1.29, 1.82) is 5.26 Å². The molecule has 2 aliphatic rings. The van der Waals surface area contributed by atoms with Crippen LogP contribution < -0.4 is 20.7 Å². The van der Waals surface area contributed by atoms with Crippen LogP contribution in [0.25, 0.3) is 5.57 Å². The number of halogens is 1. The van der Waals surface area contributed by atoms with Crippen molar-refractivity contribution in [2.24, 2.45) is 0 Å². The zero-order chi connectivity index (χ0) is 20.5. The van der Waals surface area contributed by atoms with Crippen LogP contribution in [0, 0.1) is 17.1 Å². The minimum Gasteiger partial charge on any atom is -0.487 e. The molecule has 7 heteroatoms. The van der Waals surface area contributed by atoms with Crippen molar-refractivity contribution in [3.63, 3.8) is 0 Å².